The van der Waals surface area contributed by atoms with E-state index in [9.17, 15) is 34.5 Å². The minimum absolute atomic E-state index is 0.00113. The minimum Gasteiger partial charge on any atom is -0.479 e. The van der Waals surface area contributed by atoms with Gasteiger partial charge in [-0.3, -0.25) is 14.4 Å². The van der Waals surface area contributed by atoms with Crippen LogP contribution in [0.5, 0.6) is 0 Å². The Morgan fingerprint density at radius 3 is 1.25 bits per heavy atom. The van der Waals surface area contributed by atoms with Gasteiger partial charge >= 0.3 is 23.9 Å². The van der Waals surface area contributed by atoms with Crippen molar-refractivity contribution in [2.24, 2.45) is 0 Å². The molecular formula is C67H108O12. The summed E-state index contributed by atoms with van der Waals surface area (Å²) in [5.74, 6) is -3.21. The normalized spacial score (nSPS) is 18.6. The van der Waals surface area contributed by atoms with Crippen molar-refractivity contribution in [3.05, 3.63) is 109 Å². The molecule has 12 nitrogen and oxygen atoms in total. The number of allylic oxidation sites excluding steroid dienone is 18. The van der Waals surface area contributed by atoms with Crippen LogP contribution >= 0.6 is 0 Å². The molecule has 79 heavy (non-hydrogen) atoms. The third-order valence-electron chi connectivity index (χ3n) is 13.3. The summed E-state index contributed by atoms with van der Waals surface area (Å²) in [7, 11) is 0. The molecule has 1 aliphatic rings. The summed E-state index contributed by atoms with van der Waals surface area (Å²) in [6.07, 6.45) is 60.5. The fraction of sp³-hybridized carbons (Fsp3) is 0.672. The number of rotatable bonds is 51. The maximum absolute atomic E-state index is 13.2. The quantitative estimate of drug-likeness (QED) is 0.0228. The minimum atomic E-state index is -1.93. The van der Waals surface area contributed by atoms with Crippen LogP contribution in [-0.4, -0.2) is 89.2 Å². The molecule has 0 amide bonds. The maximum Gasteiger partial charge on any atom is 0.335 e. The fourth-order valence-electron chi connectivity index (χ4n) is 8.64. The molecule has 0 saturated carbocycles. The number of aliphatic hydroxyl groups is 2. The van der Waals surface area contributed by atoms with Crippen molar-refractivity contribution in [2.75, 3.05) is 13.2 Å². The molecule has 0 spiro atoms. The smallest absolute Gasteiger partial charge is 0.335 e. The zero-order valence-electron chi connectivity index (χ0n) is 49.3. The van der Waals surface area contributed by atoms with Crippen LogP contribution in [0.3, 0.4) is 0 Å². The van der Waals surface area contributed by atoms with Gasteiger partial charge < -0.3 is 39.0 Å². The number of carboxylic acid groups (broad SMARTS) is 1. The summed E-state index contributed by atoms with van der Waals surface area (Å²) in [5, 5.41) is 31.5. The molecule has 0 aromatic carbocycles. The van der Waals surface area contributed by atoms with Gasteiger partial charge in [0.05, 0.1) is 6.61 Å². The number of hydrogen-bond acceptors (Lipinski definition) is 11. The predicted octanol–water partition coefficient (Wildman–Crippen LogP) is 16.2. The van der Waals surface area contributed by atoms with Gasteiger partial charge in [-0.15, -0.1) is 0 Å². The van der Waals surface area contributed by atoms with E-state index in [0.717, 1.165) is 135 Å². The largest absolute Gasteiger partial charge is 0.479 e. The second-order valence-electron chi connectivity index (χ2n) is 20.6. The van der Waals surface area contributed by atoms with E-state index in [1.807, 2.05) is 0 Å². The number of carboxylic acids is 1. The first-order chi connectivity index (χ1) is 38.6. The number of unbranched alkanes of at least 4 members (excludes halogenated alkanes) is 19. The topological polar surface area (TPSA) is 175 Å². The molecule has 0 aromatic heterocycles. The van der Waals surface area contributed by atoms with E-state index >= 15 is 0 Å². The van der Waals surface area contributed by atoms with Gasteiger partial charge in [0.15, 0.2) is 24.6 Å². The first-order valence-corrected chi connectivity index (χ1v) is 30.9. The van der Waals surface area contributed by atoms with Gasteiger partial charge in [-0.25, -0.2) is 4.79 Å². The Morgan fingerprint density at radius 1 is 0.430 bits per heavy atom. The van der Waals surface area contributed by atoms with Crippen molar-refractivity contribution in [3.63, 3.8) is 0 Å². The summed E-state index contributed by atoms with van der Waals surface area (Å²) in [5.41, 5.74) is 0. The van der Waals surface area contributed by atoms with Crippen LogP contribution in [0.2, 0.25) is 0 Å². The molecule has 6 unspecified atom stereocenters. The summed E-state index contributed by atoms with van der Waals surface area (Å²) in [4.78, 5) is 51.2. The standard InChI is InChI=1S/C67H108O12/c1-4-7-10-13-16-19-22-25-28-29-30-31-34-35-38-41-44-47-50-53-59(68)75-56-58(77-60(69)54-51-48-45-42-39-36-32-26-23-20-17-14-11-8-5-2)57-76-67-65(63(72)62(71)64(79-67)66(73)74)78-61(70)55-52-49-46-43-40-37-33-27-24-21-18-15-12-9-6-3/h7,9-10,12,16,18-19,21,25-28,30-33,40,43,58,62-65,67,71-72H,4-6,8,11,13-15,17,20,22-24,29,34-39,41-42,44-57H2,1-3H3,(H,73,74)/b10-7-,12-9-,19-16-,21-18-,28-25-,31-30-,32-26-,33-27-,43-40-. The van der Waals surface area contributed by atoms with Crippen molar-refractivity contribution in [2.45, 2.75) is 276 Å². The summed E-state index contributed by atoms with van der Waals surface area (Å²) < 4.78 is 28.4. The van der Waals surface area contributed by atoms with Gasteiger partial charge in [0.1, 0.15) is 18.8 Å². The molecule has 12 heteroatoms. The van der Waals surface area contributed by atoms with E-state index in [2.05, 4.69) is 130 Å². The molecule has 6 atom stereocenters. The van der Waals surface area contributed by atoms with Crippen LogP contribution in [0, 0.1) is 0 Å². The van der Waals surface area contributed by atoms with Crippen molar-refractivity contribution >= 4 is 23.9 Å². The van der Waals surface area contributed by atoms with Crippen LogP contribution < -0.4 is 0 Å². The van der Waals surface area contributed by atoms with E-state index in [-0.39, 0.29) is 25.9 Å². The Kier molecular flexibility index (Phi) is 49.5. The Hall–Kier alpha value is -4.62. The maximum atomic E-state index is 13.2. The number of aliphatic carboxylic acids is 1. The fourth-order valence-corrected chi connectivity index (χ4v) is 8.64. The first kappa shape index (κ1) is 72.4. The SMILES string of the molecule is CC/C=C\C/C=C\C/C=C\C/C=C\CCCCCCCCC(=O)OCC(COC1OC(C(=O)O)C(O)C(O)C1OC(=O)CCCC/C=C\C/C=C\C/C=C\C/C=C\CC)OC(=O)CCCCCCC/C=C\CCCCCCCC. The van der Waals surface area contributed by atoms with Gasteiger partial charge in [-0.05, 0) is 122 Å². The zero-order chi connectivity index (χ0) is 57.5. The van der Waals surface area contributed by atoms with Gasteiger partial charge in [-0.2, -0.15) is 0 Å². The van der Waals surface area contributed by atoms with E-state index in [1.54, 1.807) is 0 Å². The number of esters is 3. The highest BCUT2D eigenvalue weighted by atomic mass is 16.7. The lowest BCUT2D eigenvalue weighted by molar-refractivity contribution is -0.301. The molecule has 3 N–H and O–H groups in total. The van der Waals surface area contributed by atoms with E-state index < -0.39 is 67.3 Å². The van der Waals surface area contributed by atoms with Gasteiger partial charge in [0.25, 0.3) is 0 Å². The van der Waals surface area contributed by atoms with Gasteiger partial charge in [0.2, 0.25) is 0 Å². The van der Waals surface area contributed by atoms with Crippen LogP contribution in [0.25, 0.3) is 0 Å². The highest BCUT2D eigenvalue weighted by Crippen LogP contribution is 2.26. The molecule has 0 aromatic rings. The third-order valence-corrected chi connectivity index (χ3v) is 13.3. The molecular weight excluding hydrogens is 997 g/mol. The number of aliphatic hydroxyl groups excluding tert-OH is 2. The average molecular weight is 1110 g/mol. The second-order valence-corrected chi connectivity index (χ2v) is 20.6. The Morgan fingerprint density at radius 2 is 0.797 bits per heavy atom. The lowest BCUT2D eigenvalue weighted by atomic mass is 9.98. The molecule has 1 rings (SSSR count). The monoisotopic (exact) mass is 1100 g/mol. The molecule has 448 valence electrons. The lowest BCUT2D eigenvalue weighted by Crippen LogP contribution is -2.61. The van der Waals surface area contributed by atoms with Gasteiger partial charge in [0, 0.05) is 19.3 Å². The predicted molar refractivity (Wildman–Crippen MR) is 321 cm³/mol. The van der Waals surface area contributed by atoms with Crippen LogP contribution in [0.15, 0.2) is 109 Å². The number of carbonyl (C=O) groups is 4. The molecule has 0 bridgehead atoms. The van der Waals surface area contributed by atoms with Crippen molar-refractivity contribution in [1.29, 1.82) is 0 Å². The highest BCUT2D eigenvalue weighted by Gasteiger charge is 2.50. The molecule has 1 fully saturated rings. The molecule has 1 aliphatic heterocycles. The zero-order valence-corrected chi connectivity index (χ0v) is 49.3. The van der Waals surface area contributed by atoms with Crippen molar-refractivity contribution in [3.8, 4) is 0 Å². The average Bonchev–Trinajstić information content (AvgIpc) is 3.46. The summed E-state index contributed by atoms with van der Waals surface area (Å²) in [6, 6.07) is 0. The van der Waals surface area contributed by atoms with Crippen LogP contribution in [0.4, 0.5) is 0 Å². The number of hydrogen-bond donors (Lipinski definition) is 3. The van der Waals surface area contributed by atoms with E-state index in [0.29, 0.717) is 25.7 Å². The third kappa shape index (κ3) is 43.8. The summed E-state index contributed by atoms with van der Waals surface area (Å²) >= 11 is 0. The first-order valence-electron chi connectivity index (χ1n) is 30.9. The van der Waals surface area contributed by atoms with Crippen LogP contribution in [0.1, 0.15) is 239 Å². The Bertz CT molecular complexity index is 1790. The Balaban J connectivity index is 2.72. The molecule has 0 aliphatic carbocycles. The Labute approximate surface area is 478 Å². The molecule has 1 heterocycles. The van der Waals surface area contributed by atoms with E-state index in [4.69, 9.17) is 23.7 Å². The van der Waals surface area contributed by atoms with E-state index in [1.165, 1.54) is 38.5 Å². The van der Waals surface area contributed by atoms with Gasteiger partial charge in [-0.1, -0.05) is 207 Å². The highest BCUT2D eigenvalue weighted by molar-refractivity contribution is 5.74. The second kappa shape index (κ2) is 54.0. The molecule has 1 saturated heterocycles. The molecule has 0 radical (unpaired) electrons. The van der Waals surface area contributed by atoms with Crippen molar-refractivity contribution < 1.29 is 58.2 Å². The number of ether oxygens (including phenoxy) is 5. The summed E-state index contributed by atoms with van der Waals surface area (Å²) in [6.45, 7) is 5.72. The number of carbonyl (C=O) groups excluding carboxylic acids is 3. The lowest BCUT2D eigenvalue weighted by Gasteiger charge is -2.40. The van der Waals surface area contributed by atoms with Crippen LogP contribution in [-0.2, 0) is 42.9 Å². The van der Waals surface area contributed by atoms with Crippen molar-refractivity contribution in [1.82, 2.24) is 0 Å².